The molecule has 31 heavy (non-hydrogen) atoms. The van der Waals surface area contributed by atoms with Gasteiger partial charge in [0.15, 0.2) is 0 Å². The molecule has 2 aliphatic rings. The molecular formula is C22H20F3N3O3. The molecule has 1 unspecified atom stereocenters. The van der Waals surface area contributed by atoms with Crippen LogP contribution in [0.3, 0.4) is 0 Å². The number of benzene rings is 2. The third kappa shape index (κ3) is 4.46. The van der Waals surface area contributed by atoms with E-state index >= 15 is 0 Å². The van der Waals surface area contributed by atoms with Crippen molar-refractivity contribution in [1.29, 1.82) is 0 Å². The molecule has 0 aromatic heterocycles. The summed E-state index contributed by atoms with van der Waals surface area (Å²) in [5.74, 6) is -1.00. The Bertz CT molecular complexity index is 1030. The van der Waals surface area contributed by atoms with Crippen LogP contribution in [0, 0.1) is 0 Å². The van der Waals surface area contributed by atoms with Gasteiger partial charge in [0.2, 0.25) is 11.8 Å². The van der Waals surface area contributed by atoms with E-state index < -0.39 is 23.7 Å². The summed E-state index contributed by atoms with van der Waals surface area (Å²) in [5, 5.41) is 5.46. The number of halogens is 3. The van der Waals surface area contributed by atoms with Crippen LogP contribution in [0.2, 0.25) is 0 Å². The average molecular weight is 431 g/mol. The molecule has 1 fully saturated rings. The molecule has 0 aliphatic carbocycles. The van der Waals surface area contributed by atoms with Crippen molar-refractivity contribution >= 4 is 17.7 Å². The van der Waals surface area contributed by atoms with E-state index in [9.17, 15) is 27.6 Å². The number of rotatable bonds is 5. The fourth-order valence-electron chi connectivity index (χ4n) is 3.90. The number of carbonyl (C=O) groups excluding carboxylic acids is 3. The minimum atomic E-state index is -4.35. The number of hydrogen-bond donors (Lipinski definition) is 2. The first-order chi connectivity index (χ1) is 14.7. The normalized spacial score (nSPS) is 18.9. The largest absolute Gasteiger partial charge is 0.416 e. The van der Waals surface area contributed by atoms with Gasteiger partial charge in [0, 0.05) is 31.6 Å². The summed E-state index contributed by atoms with van der Waals surface area (Å²) < 4.78 is 37.9. The Balaban J connectivity index is 1.36. The lowest BCUT2D eigenvalue weighted by Gasteiger charge is -2.29. The number of piperidine rings is 1. The van der Waals surface area contributed by atoms with Crippen LogP contribution in [-0.4, -0.2) is 28.7 Å². The van der Waals surface area contributed by atoms with Crippen LogP contribution >= 0.6 is 0 Å². The lowest BCUT2D eigenvalue weighted by atomic mass is 10.0. The van der Waals surface area contributed by atoms with Gasteiger partial charge in [-0.3, -0.25) is 19.7 Å². The SMILES string of the molecule is O=C1CCC(N2Cc3cc(CNCc4ccc(C(F)(F)F)cc4)ccc3C2=O)C(=O)N1. The molecule has 1 saturated heterocycles. The van der Waals surface area contributed by atoms with Crippen LogP contribution in [0.1, 0.15) is 45.5 Å². The molecule has 0 bridgehead atoms. The molecule has 2 N–H and O–H groups in total. The van der Waals surface area contributed by atoms with E-state index in [-0.39, 0.29) is 18.2 Å². The van der Waals surface area contributed by atoms with Crippen LogP contribution in [-0.2, 0) is 35.4 Å². The Morgan fingerprint density at radius 3 is 2.35 bits per heavy atom. The molecule has 2 aromatic carbocycles. The number of amides is 3. The Hall–Kier alpha value is -3.20. The van der Waals surface area contributed by atoms with E-state index in [0.29, 0.717) is 31.6 Å². The molecule has 3 amide bonds. The molecule has 2 aliphatic heterocycles. The molecule has 6 nitrogen and oxygen atoms in total. The molecule has 2 heterocycles. The summed E-state index contributed by atoms with van der Waals surface area (Å²) in [4.78, 5) is 37.6. The predicted octanol–water partition coefficient (Wildman–Crippen LogP) is 2.76. The van der Waals surface area contributed by atoms with Gasteiger partial charge in [0.05, 0.1) is 5.56 Å². The molecule has 4 rings (SSSR count). The van der Waals surface area contributed by atoms with Crippen LogP contribution in [0.5, 0.6) is 0 Å². The summed E-state index contributed by atoms with van der Waals surface area (Å²) >= 11 is 0. The molecule has 2 aromatic rings. The second kappa shape index (κ2) is 8.14. The van der Waals surface area contributed by atoms with Gasteiger partial charge in [-0.25, -0.2) is 0 Å². The van der Waals surface area contributed by atoms with Crippen LogP contribution in [0.4, 0.5) is 13.2 Å². The van der Waals surface area contributed by atoms with Crippen LogP contribution in [0.15, 0.2) is 42.5 Å². The molecular weight excluding hydrogens is 411 g/mol. The maximum atomic E-state index is 12.7. The predicted molar refractivity (Wildman–Crippen MR) is 104 cm³/mol. The highest BCUT2D eigenvalue weighted by atomic mass is 19.4. The second-order valence-corrected chi connectivity index (χ2v) is 7.69. The van der Waals surface area contributed by atoms with Crippen molar-refractivity contribution in [2.75, 3.05) is 0 Å². The Labute approximate surface area is 176 Å². The van der Waals surface area contributed by atoms with Gasteiger partial charge < -0.3 is 10.2 Å². The Morgan fingerprint density at radius 2 is 1.68 bits per heavy atom. The number of carbonyl (C=O) groups is 3. The van der Waals surface area contributed by atoms with Crippen molar-refractivity contribution in [2.45, 2.75) is 44.7 Å². The van der Waals surface area contributed by atoms with Crippen molar-refractivity contribution in [3.63, 3.8) is 0 Å². The summed E-state index contributed by atoms with van der Waals surface area (Å²) in [5.41, 5.74) is 2.32. The van der Waals surface area contributed by atoms with E-state index in [1.54, 1.807) is 6.07 Å². The van der Waals surface area contributed by atoms with Gasteiger partial charge in [-0.2, -0.15) is 13.2 Å². The Kier molecular flexibility index (Phi) is 5.53. The average Bonchev–Trinajstić information content (AvgIpc) is 3.03. The third-order valence-electron chi connectivity index (χ3n) is 5.53. The zero-order valence-electron chi connectivity index (χ0n) is 16.5. The molecule has 9 heteroatoms. The molecule has 0 saturated carbocycles. The summed E-state index contributed by atoms with van der Waals surface area (Å²) in [6.45, 7) is 1.17. The Morgan fingerprint density at radius 1 is 1.00 bits per heavy atom. The first kappa shape index (κ1) is 21.0. The maximum absolute atomic E-state index is 12.7. The summed E-state index contributed by atoms with van der Waals surface area (Å²) in [6, 6.07) is 9.76. The monoisotopic (exact) mass is 431 g/mol. The van der Waals surface area contributed by atoms with Gasteiger partial charge in [-0.05, 0) is 41.3 Å². The highest BCUT2D eigenvalue weighted by Gasteiger charge is 2.39. The van der Waals surface area contributed by atoms with E-state index in [4.69, 9.17) is 0 Å². The highest BCUT2D eigenvalue weighted by molar-refractivity contribution is 6.05. The first-order valence-electron chi connectivity index (χ1n) is 9.85. The minimum Gasteiger partial charge on any atom is -0.322 e. The topological polar surface area (TPSA) is 78.5 Å². The third-order valence-corrected chi connectivity index (χ3v) is 5.53. The number of hydrogen-bond acceptors (Lipinski definition) is 4. The lowest BCUT2D eigenvalue weighted by molar-refractivity contribution is -0.138. The minimum absolute atomic E-state index is 0.204. The van der Waals surface area contributed by atoms with Crippen molar-refractivity contribution in [3.8, 4) is 0 Å². The summed E-state index contributed by atoms with van der Waals surface area (Å²) in [6.07, 6.45) is -3.84. The lowest BCUT2D eigenvalue weighted by Crippen LogP contribution is -2.52. The van der Waals surface area contributed by atoms with E-state index in [2.05, 4.69) is 10.6 Å². The number of nitrogens with one attached hydrogen (secondary N) is 2. The summed E-state index contributed by atoms with van der Waals surface area (Å²) in [7, 11) is 0. The number of imide groups is 1. The maximum Gasteiger partial charge on any atom is 0.416 e. The quantitative estimate of drug-likeness (QED) is 0.714. The highest BCUT2D eigenvalue weighted by Crippen LogP contribution is 2.30. The van der Waals surface area contributed by atoms with Gasteiger partial charge >= 0.3 is 6.18 Å². The molecule has 162 valence electrons. The fourth-order valence-corrected chi connectivity index (χ4v) is 3.90. The van der Waals surface area contributed by atoms with Crippen LogP contribution < -0.4 is 10.6 Å². The smallest absolute Gasteiger partial charge is 0.322 e. The van der Waals surface area contributed by atoms with Gasteiger partial charge in [-0.15, -0.1) is 0 Å². The van der Waals surface area contributed by atoms with E-state index in [0.717, 1.165) is 28.8 Å². The van der Waals surface area contributed by atoms with Crippen molar-refractivity contribution in [2.24, 2.45) is 0 Å². The number of nitrogens with zero attached hydrogens (tertiary/aromatic N) is 1. The first-order valence-corrected chi connectivity index (χ1v) is 9.85. The molecule has 0 spiro atoms. The van der Waals surface area contributed by atoms with E-state index in [1.807, 2.05) is 12.1 Å². The van der Waals surface area contributed by atoms with Crippen molar-refractivity contribution in [3.05, 3.63) is 70.3 Å². The van der Waals surface area contributed by atoms with Crippen molar-refractivity contribution in [1.82, 2.24) is 15.5 Å². The van der Waals surface area contributed by atoms with Gasteiger partial charge in [-0.1, -0.05) is 24.3 Å². The standard InChI is InChI=1S/C22H20F3N3O3/c23-22(24,25)16-4-1-13(2-5-16)10-26-11-14-3-6-17-15(9-14)12-28(21(17)31)18-7-8-19(29)27-20(18)30/h1-6,9,18,26H,7-8,10-12H2,(H,27,29,30). The van der Waals surface area contributed by atoms with Gasteiger partial charge in [0.25, 0.3) is 5.91 Å². The van der Waals surface area contributed by atoms with Crippen LogP contribution in [0.25, 0.3) is 0 Å². The fraction of sp³-hybridized carbons (Fsp3) is 0.318. The van der Waals surface area contributed by atoms with Gasteiger partial charge in [0.1, 0.15) is 6.04 Å². The van der Waals surface area contributed by atoms with Crippen molar-refractivity contribution < 1.29 is 27.6 Å². The zero-order chi connectivity index (χ0) is 22.2. The van der Waals surface area contributed by atoms with E-state index in [1.165, 1.54) is 17.0 Å². The number of alkyl halides is 3. The number of fused-ring (bicyclic) bond motifs is 1. The molecule has 0 radical (unpaired) electrons. The second-order valence-electron chi connectivity index (χ2n) is 7.69. The zero-order valence-corrected chi connectivity index (χ0v) is 16.5. The molecule has 1 atom stereocenters.